The Balaban J connectivity index is 1.71. The number of nitrogen functional groups attached to an aromatic ring is 2. The first kappa shape index (κ1) is 20.2. The first-order valence-corrected chi connectivity index (χ1v) is 10.2. The largest absolute Gasteiger partial charge is 0.437 e. The lowest BCUT2D eigenvalue weighted by atomic mass is 9.90. The van der Waals surface area contributed by atoms with Crippen molar-refractivity contribution in [2.75, 3.05) is 11.5 Å². The van der Waals surface area contributed by atoms with Crippen LogP contribution in [0.3, 0.4) is 0 Å². The van der Waals surface area contributed by atoms with Gasteiger partial charge in [0.25, 0.3) is 0 Å². The number of fused-ring (bicyclic) bond motifs is 1. The van der Waals surface area contributed by atoms with Crippen molar-refractivity contribution in [1.29, 1.82) is 0 Å². The molecule has 4 N–H and O–H groups in total. The van der Waals surface area contributed by atoms with Crippen molar-refractivity contribution in [2.45, 2.75) is 25.9 Å². The first-order chi connectivity index (χ1) is 14.3. The number of para-hydroxylation sites is 1. The van der Waals surface area contributed by atoms with Gasteiger partial charge in [-0.3, -0.25) is 0 Å². The second-order valence-electron chi connectivity index (χ2n) is 6.88. The minimum Gasteiger partial charge on any atom is -0.437 e. The van der Waals surface area contributed by atoms with Gasteiger partial charge in [0.1, 0.15) is 11.3 Å². The fourth-order valence-corrected chi connectivity index (χ4v) is 4.20. The molecule has 0 fully saturated rings. The maximum absolute atomic E-state index is 13.0. The molecule has 2 aromatic heterocycles. The molecule has 3 aromatic rings. The highest BCUT2D eigenvalue weighted by Crippen LogP contribution is 2.38. The molecule has 0 bridgehead atoms. The molecule has 0 saturated carbocycles. The van der Waals surface area contributed by atoms with Crippen LogP contribution in [0.1, 0.15) is 24.5 Å². The molecule has 0 aliphatic heterocycles. The van der Waals surface area contributed by atoms with Crippen LogP contribution in [-0.2, 0) is 6.42 Å². The van der Waals surface area contributed by atoms with Gasteiger partial charge in [0.15, 0.2) is 10.9 Å². The predicted octanol–water partition coefficient (Wildman–Crippen LogP) is 5.73. The number of ether oxygens (including phenoxy) is 1. The molecule has 1 unspecified atom stereocenters. The summed E-state index contributed by atoms with van der Waals surface area (Å²) in [6.07, 6.45) is 0.463. The zero-order valence-electron chi connectivity index (χ0n) is 16.0. The number of hydrogen-bond acceptors (Lipinski definition) is 6. The molecule has 5 nitrogen and oxygen atoms in total. The van der Waals surface area contributed by atoms with E-state index in [4.69, 9.17) is 16.2 Å². The van der Waals surface area contributed by atoms with Gasteiger partial charge in [-0.05, 0) is 36.1 Å². The predicted molar refractivity (Wildman–Crippen MR) is 113 cm³/mol. The number of pyridine rings is 1. The maximum atomic E-state index is 13.0. The molecule has 9 heteroatoms. The van der Waals surface area contributed by atoms with E-state index in [1.54, 1.807) is 18.2 Å². The number of allylic oxidation sites excluding steroid dienone is 4. The van der Waals surface area contributed by atoms with Crippen LogP contribution in [0.2, 0.25) is 0 Å². The van der Waals surface area contributed by atoms with Gasteiger partial charge in [0.05, 0.1) is 10.6 Å². The van der Waals surface area contributed by atoms with Gasteiger partial charge >= 0.3 is 6.18 Å². The summed E-state index contributed by atoms with van der Waals surface area (Å²) in [7, 11) is 0. The maximum Gasteiger partial charge on any atom is 0.395 e. The van der Waals surface area contributed by atoms with Crippen molar-refractivity contribution in [1.82, 2.24) is 9.97 Å². The third kappa shape index (κ3) is 3.85. The smallest absolute Gasteiger partial charge is 0.395 e. The van der Waals surface area contributed by atoms with Crippen LogP contribution in [0.4, 0.5) is 24.1 Å². The first-order valence-electron chi connectivity index (χ1n) is 9.34. The molecule has 1 aliphatic carbocycles. The Morgan fingerprint density at radius 2 is 2.03 bits per heavy atom. The van der Waals surface area contributed by atoms with Crippen LogP contribution >= 0.6 is 11.3 Å². The number of rotatable bonds is 4. The summed E-state index contributed by atoms with van der Waals surface area (Å²) in [5.74, 6) is -0.477. The van der Waals surface area contributed by atoms with Crippen LogP contribution < -0.4 is 16.2 Å². The van der Waals surface area contributed by atoms with Crippen molar-refractivity contribution in [3.8, 4) is 11.6 Å². The highest BCUT2D eigenvalue weighted by Gasteiger charge is 2.38. The third-order valence-electron chi connectivity index (χ3n) is 4.93. The van der Waals surface area contributed by atoms with Crippen molar-refractivity contribution in [3.63, 3.8) is 0 Å². The minimum atomic E-state index is -4.26. The molecule has 0 saturated heterocycles. The molecular weight excluding hydrogens is 413 g/mol. The molecular formula is C21H19F3N4OS. The average Bonchev–Trinajstić information content (AvgIpc) is 3.08. The van der Waals surface area contributed by atoms with Gasteiger partial charge in [-0.15, -0.1) is 0 Å². The van der Waals surface area contributed by atoms with Gasteiger partial charge in [-0.1, -0.05) is 42.6 Å². The lowest BCUT2D eigenvalue weighted by molar-refractivity contribution is -0.160. The number of aromatic nitrogens is 2. The zero-order chi connectivity index (χ0) is 21.5. The Labute approximate surface area is 174 Å². The average molecular weight is 432 g/mol. The van der Waals surface area contributed by atoms with Gasteiger partial charge in [-0.2, -0.15) is 18.2 Å². The van der Waals surface area contributed by atoms with Crippen molar-refractivity contribution in [2.24, 2.45) is 5.92 Å². The van der Waals surface area contributed by atoms with E-state index in [-0.39, 0.29) is 18.1 Å². The fraction of sp³-hybridized carbons (Fsp3) is 0.238. The van der Waals surface area contributed by atoms with E-state index >= 15 is 0 Å². The van der Waals surface area contributed by atoms with Crippen LogP contribution in [0.25, 0.3) is 15.8 Å². The van der Waals surface area contributed by atoms with Gasteiger partial charge in [0.2, 0.25) is 5.88 Å². The molecule has 4 rings (SSSR count). The SMILES string of the molecule is CCc1c(C2=CCC(C(F)(F)F)C=C2)cc(Oc2cccc3sc(N)nc23)nc1N. The van der Waals surface area contributed by atoms with E-state index in [9.17, 15) is 13.2 Å². The van der Waals surface area contributed by atoms with Crippen molar-refractivity contribution >= 4 is 38.1 Å². The summed E-state index contributed by atoms with van der Waals surface area (Å²) in [6, 6.07) is 7.16. The lowest BCUT2D eigenvalue weighted by Crippen LogP contribution is -2.21. The number of nitrogens with two attached hydrogens (primary N) is 2. The summed E-state index contributed by atoms with van der Waals surface area (Å²) in [5.41, 5.74) is 14.7. The Morgan fingerprint density at radius 3 is 2.70 bits per heavy atom. The van der Waals surface area contributed by atoms with Gasteiger partial charge in [-0.25, -0.2) is 4.98 Å². The van der Waals surface area contributed by atoms with Gasteiger partial charge in [0, 0.05) is 11.6 Å². The molecule has 1 atom stereocenters. The lowest BCUT2D eigenvalue weighted by Gasteiger charge is -2.21. The number of hydrogen-bond donors (Lipinski definition) is 2. The monoisotopic (exact) mass is 432 g/mol. The number of alkyl halides is 3. The summed E-state index contributed by atoms with van der Waals surface area (Å²) in [6.45, 7) is 1.92. The zero-order valence-corrected chi connectivity index (χ0v) is 16.8. The normalized spacial score (nSPS) is 16.7. The summed E-state index contributed by atoms with van der Waals surface area (Å²) < 4.78 is 45.7. The van der Waals surface area contributed by atoms with Crippen LogP contribution in [0, 0.1) is 5.92 Å². The van der Waals surface area contributed by atoms with E-state index in [0.717, 1.165) is 10.3 Å². The van der Waals surface area contributed by atoms with E-state index in [0.29, 0.717) is 34.0 Å². The Kier molecular flexibility index (Phi) is 5.15. The minimum absolute atomic E-state index is 0.117. The Bertz CT molecular complexity index is 1170. The molecule has 0 spiro atoms. The molecule has 2 heterocycles. The Morgan fingerprint density at radius 1 is 1.23 bits per heavy atom. The second-order valence-corrected chi connectivity index (χ2v) is 7.95. The van der Waals surface area contributed by atoms with E-state index in [1.807, 2.05) is 19.1 Å². The molecule has 0 radical (unpaired) electrons. The standard InChI is InChI=1S/C21H19F3N4OS/c1-2-13-14(11-6-8-12(9-7-11)21(22,23)24)10-17(27-19(13)25)29-15-4-3-5-16-18(15)28-20(26)30-16/h3-8,10,12H,2,9H2,1H3,(H2,25,27)(H2,26,28). The molecule has 0 amide bonds. The van der Waals surface area contributed by atoms with Crippen LogP contribution in [-0.4, -0.2) is 16.1 Å². The van der Waals surface area contributed by atoms with Crippen molar-refractivity contribution < 1.29 is 17.9 Å². The highest BCUT2D eigenvalue weighted by atomic mass is 32.1. The summed E-state index contributed by atoms with van der Waals surface area (Å²) in [5, 5.41) is 0.423. The van der Waals surface area contributed by atoms with Crippen molar-refractivity contribution in [3.05, 3.63) is 53.6 Å². The quantitative estimate of drug-likeness (QED) is 0.550. The summed E-state index contributed by atoms with van der Waals surface area (Å²) in [4.78, 5) is 8.62. The highest BCUT2D eigenvalue weighted by molar-refractivity contribution is 7.22. The number of thiazole rings is 1. The van der Waals surface area contributed by atoms with E-state index in [2.05, 4.69) is 9.97 Å². The number of nitrogens with zero attached hydrogens (tertiary/aromatic N) is 2. The number of benzene rings is 1. The molecule has 1 aliphatic rings. The number of halogens is 3. The topological polar surface area (TPSA) is 87.0 Å². The van der Waals surface area contributed by atoms with E-state index < -0.39 is 12.1 Å². The van der Waals surface area contributed by atoms with Gasteiger partial charge < -0.3 is 16.2 Å². The third-order valence-corrected chi connectivity index (χ3v) is 5.78. The Hall–Kier alpha value is -3.07. The molecule has 1 aromatic carbocycles. The summed E-state index contributed by atoms with van der Waals surface area (Å²) >= 11 is 1.35. The van der Waals surface area contributed by atoms with Crippen LogP contribution in [0.5, 0.6) is 11.6 Å². The van der Waals surface area contributed by atoms with E-state index in [1.165, 1.54) is 23.5 Å². The number of anilines is 2. The van der Waals surface area contributed by atoms with Crippen LogP contribution in [0.15, 0.2) is 42.5 Å². The second kappa shape index (κ2) is 7.64. The molecule has 30 heavy (non-hydrogen) atoms. The fourth-order valence-electron chi connectivity index (χ4n) is 3.45. The molecule has 156 valence electrons.